The molecular formula is C14H20ClN3O2. The van der Waals surface area contributed by atoms with Gasteiger partial charge in [0, 0.05) is 18.7 Å². The summed E-state index contributed by atoms with van der Waals surface area (Å²) >= 11 is 5.99. The molecule has 1 aromatic heterocycles. The molecule has 1 amide bonds. The van der Waals surface area contributed by atoms with Crippen molar-refractivity contribution in [3.05, 3.63) is 22.8 Å². The third kappa shape index (κ3) is 3.41. The van der Waals surface area contributed by atoms with Crippen LogP contribution in [0.15, 0.2) is 12.1 Å². The second kappa shape index (κ2) is 6.41. The van der Waals surface area contributed by atoms with Crippen LogP contribution in [-0.2, 0) is 4.74 Å². The summed E-state index contributed by atoms with van der Waals surface area (Å²) in [7, 11) is 0. The fourth-order valence-corrected chi connectivity index (χ4v) is 2.45. The van der Waals surface area contributed by atoms with Crippen molar-refractivity contribution in [2.24, 2.45) is 0 Å². The van der Waals surface area contributed by atoms with Crippen LogP contribution in [0.2, 0.25) is 5.15 Å². The number of pyridine rings is 1. The predicted molar refractivity (Wildman–Crippen MR) is 79.3 cm³/mol. The summed E-state index contributed by atoms with van der Waals surface area (Å²) < 4.78 is 5.55. The van der Waals surface area contributed by atoms with Gasteiger partial charge in [-0.25, -0.2) is 4.98 Å². The van der Waals surface area contributed by atoms with Gasteiger partial charge in [-0.1, -0.05) is 11.6 Å². The first-order valence-corrected chi connectivity index (χ1v) is 7.23. The Labute approximate surface area is 124 Å². The molecular weight excluding hydrogens is 278 g/mol. The van der Waals surface area contributed by atoms with Crippen molar-refractivity contribution in [1.82, 2.24) is 9.88 Å². The molecule has 1 saturated heterocycles. The zero-order valence-corrected chi connectivity index (χ0v) is 12.8. The van der Waals surface area contributed by atoms with Crippen molar-refractivity contribution in [2.45, 2.75) is 32.9 Å². The Balaban J connectivity index is 2.23. The van der Waals surface area contributed by atoms with Crippen molar-refractivity contribution in [3.63, 3.8) is 0 Å². The van der Waals surface area contributed by atoms with E-state index < -0.39 is 0 Å². The Morgan fingerprint density at radius 3 is 3.00 bits per heavy atom. The minimum absolute atomic E-state index is 0.0314. The third-order valence-electron chi connectivity index (χ3n) is 3.27. The summed E-state index contributed by atoms with van der Waals surface area (Å²) in [5.74, 6) is 0.591. The van der Waals surface area contributed by atoms with Crippen molar-refractivity contribution < 1.29 is 9.53 Å². The highest BCUT2D eigenvalue weighted by molar-refractivity contribution is 6.29. The molecule has 0 aliphatic carbocycles. The molecule has 110 valence electrons. The van der Waals surface area contributed by atoms with Gasteiger partial charge in [0.1, 0.15) is 11.0 Å². The van der Waals surface area contributed by atoms with Crippen LogP contribution in [0.3, 0.4) is 0 Å². The number of carbonyl (C=O) groups excluding carboxylic acids is 1. The lowest BCUT2D eigenvalue weighted by Gasteiger charge is -2.36. The van der Waals surface area contributed by atoms with Crippen LogP contribution in [-0.4, -0.2) is 47.6 Å². The Morgan fingerprint density at radius 1 is 1.55 bits per heavy atom. The lowest BCUT2D eigenvalue weighted by molar-refractivity contribution is -0.0387. The third-order valence-corrected chi connectivity index (χ3v) is 3.46. The van der Waals surface area contributed by atoms with Crippen LogP contribution in [0.5, 0.6) is 0 Å². The molecule has 1 N–H and O–H groups in total. The van der Waals surface area contributed by atoms with Gasteiger partial charge in [0.15, 0.2) is 0 Å². The van der Waals surface area contributed by atoms with Crippen LogP contribution in [0.25, 0.3) is 0 Å². The topological polar surface area (TPSA) is 54.5 Å². The first-order chi connectivity index (χ1) is 9.51. The molecule has 5 nitrogen and oxygen atoms in total. The molecule has 1 aliphatic heterocycles. The van der Waals surface area contributed by atoms with E-state index in [9.17, 15) is 4.79 Å². The summed E-state index contributed by atoms with van der Waals surface area (Å²) in [5, 5.41) is 3.40. The highest BCUT2D eigenvalue weighted by atomic mass is 35.5. The largest absolute Gasteiger partial charge is 0.375 e. The van der Waals surface area contributed by atoms with E-state index in [4.69, 9.17) is 16.3 Å². The van der Waals surface area contributed by atoms with Gasteiger partial charge in [0.05, 0.1) is 18.8 Å². The second-order valence-corrected chi connectivity index (χ2v) is 5.43. The van der Waals surface area contributed by atoms with E-state index in [1.54, 1.807) is 12.1 Å². The molecule has 1 aliphatic rings. The lowest BCUT2D eigenvalue weighted by atomic mass is 10.1. The molecule has 20 heavy (non-hydrogen) atoms. The maximum absolute atomic E-state index is 12.6. The first kappa shape index (κ1) is 15.1. The first-order valence-electron chi connectivity index (χ1n) is 6.85. The number of morpholine rings is 1. The Bertz CT molecular complexity index is 495. The molecule has 1 fully saturated rings. The highest BCUT2D eigenvalue weighted by Gasteiger charge is 2.28. The predicted octanol–water partition coefficient (Wildman–Crippen LogP) is 2.42. The molecule has 2 rings (SSSR count). The number of ether oxygens (including phenoxy) is 1. The number of hydrogen-bond acceptors (Lipinski definition) is 4. The van der Waals surface area contributed by atoms with E-state index >= 15 is 0 Å². The molecule has 1 aromatic rings. The SMILES string of the molecule is CCNc1cc(C(=O)N2CC(C)OCC2C)cc(Cl)n1. The standard InChI is InChI=1S/C14H20ClN3O2/c1-4-16-13-6-11(5-12(15)17-13)14(19)18-7-10(3)20-8-9(18)2/h5-6,9-10H,4,7-8H2,1-3H3,(H,16,17). The minimum Gasteiger partial charge on any atom is -0.375 e. The van der Waals surface area contributed by atoms with Gasteiger partial charge in [-0.3, -0.25) is 4.79 Å². The number of halogens is 1. The van der Waals surface area contributed by atoms with Crippen LogP contribution >= 0.6 is 11.6 Å². The summed E-state index contributed by atoms with van der Waals surface area (Å²) in [6.45, 7) is 7.80. The van der Waals surface area contributed by atoms with Gasteiger partial charge in [-0.05, 0) is 32.9 Å². The van der Waals surface area contributed by atoms with Crippen LogP contribution in [0.4, 0.5) is 5.82 Å². The molecule has 2 atom stereocenters. The maximum atomic E-state index is 12.6. The quantitative estimate of drug-likeness (QED) is 0.871. The average molecular weight is 298 g/mol. The van der Waals surface area contributed by atoms with Gasteiger partial charge < -0.3 is 15.0 Å². The van der Waals surface area contributed by atoms with E-state index in [2.05, 4.69) is 10.3 Å². The molecule has 2 unspecified atom stereocenters. The number of amides is 1. The molecule has 0 radical (unpaired) electrons. The van der Waals surface area contributed by atoms with E-state index in [0.29, 0.717) is 29.7 Å². The van der Waals surface area contributed by atoms with Gasteiger partial charge >= 0.3 is 0 Å². The van der Waals surface area contributed by atoms with Crippen molar-refractivity contribution >= 4 is 23.3 Å². The number of carbonyl (C=O) groups is 1. The number of aromatic nitrogens is 1. The fraction of sp³-hybridized carbons (Fsp3) is 0.571. The maximum Gasteiger partial charge on any atom is 0.254 e. The molecule has 0 spiro atoms. The molecule has 0 bridgehead atoms. The van der Waals surface area contributed by atoms with Gasteiger partial charge in [-0.2, -0.15) is 0 Å². The minimum atomic E-state index is -0.0314. The molecule has 0 aromatic carbocycles. The van der Waals surface area contributed by atoms with Crippen LogP contribution < -0.4 is 5.32 Å². The highest BCUT2D eigenvalue weighted by Crippen LogP contribution is 2.19. The number of hydrogen-bond donors (Lipinski definition) is 1. The lowest BCUT2D eigenvalue weighted by Crippen LogP contribution is -2.50. The van der Waals surface area contributed by atoms with Crippen molar-refractivity contribution in [1.29, 1.82) is 0 Å². The summed E-state index contributed by atoms with van der Waals surface area (Å²) in [5.41, 5.74) is 0.557. The molecule has 2 heterocycles. The summed E-state index contributed by atoms with van der Waals surface area (Å²) in [4.78, 5) is 18.6. The summed E-state index contributed by atoms with van der Waals surface area (Å²) in [6, 6.07) is 3.41. The van der Waals surface area contributed by atoms with E-state index in [1.807, 2.05) is 25.7 Å². The van der Waals surface area contributed by atoms with Gasteiger partial charge in [-0.15, -0.1) is 0 Å². The van der Waals surface area contributed by atoms with E-state index in [-0.39, 0.29) is 18.1 Å². The van der Waals surface area contributed by atoms with Gasteiger partial charge in [0.25, 0.3) is 5.91 Å². The van der Waals surface area contributed by atoms with Crippen LogP contribution in [0, 0.1) is 0 Å². The average Bonchev–Trinajstić information content (AvgIpc) is 2.40. The molecule has 6 heteroatoms. The fourth-order valence-electron chi connectivity index (χ4n) is 2.24. The molecule has 0 saturated carbocycles. The zero-order valence-electron chi connectivity index (χ0n) is 12.0. The van der Waals surface area contributed by atoms with Gasteiger partial charge in [0.2, 0.25) is 0 Å². The smallest absolute Gasteiger partial charge is 0.254 e. The summed E-state index contributed by atoms with van der Waals surface area (Å²) in [6.07, 6.45) is 0.0562. The number of anilines is 1. The van der Waals surface area contributed by atoms with Crippen molar-refractivity contribution in [3.8, 4) is 0 Å². The van der Waals surface area contributed by atoms with E-state index in [0.717, 1.165) is 6.54 Å². The van der Waals surface area contributed by atoms with Crippen LogP contribution in [0.1, 0.15) is 31.1 Å². The Morgan fingerprint density at radius 2 is 2.30 bits per heavy atom. The monoisotopic (exact) mass is 297 g/mol. The normalized spacial score (nSPS) is 22.7. The van der Waals surface area contributed by atoms with Crippen molar-refractivity contribution in [2.75, 3.05) is 25.0 Å². The number of rotatable bonds is 3. The Kier molecular flexibility index (Phi) is 4.83. The Hall–Kier alpha value is -1.33. The number of nitrogens with zero attached hydrogens (tertiary/aromatic N) is 2. The number of nitrogens with one attached hydrogen (secondary N) is 1. The van der Waals surface area contributed by atoms with E-state index in [1.165, 1.54) is 0 Å². The second-order valence-electron chi connectivity index (χ2n) is 5.04. The zero-order chi connectivity index (χ0) is 14.7.